The molecule has 4 aromatic rings. The van der Waals surface area contributed by atoms with Crippen molar-refractivity contribution < 1.29 is 4.57 Å². The van der Waals surface area contributed by atoms with Crippen molar-refractivity contribution in [2.45, 2.75) is 12.8 Å². The van der Waals surface area contributed by atoms with Gasteiger partial charge < -0.3 is 0 Å². The van der Waals surface area contributed by atoms with Gasteiger partial charge in [-0.25, -0.2) is 0 Å². The van der Waals surface area contributed by atoms with Crippen molar-refractivity contribution in [3.63, 3.8) is 0 Å². The van der Waals surface area contributed by atoms with Crippen LogP contribution in [-0.2, 0) is 0 Å². The van der Waals surface area contributed by atoms with Gasteiger partial charge in [0.05, 0.1) is 0 Å². The van der Waals surface area contributed by atoms with Gasteiger partial charge in [-0.2, -0.15) is 9.13 Å². The van der Waals surface area contributed by atoms with Crippen LogP contribution < -0.4 is 4.57 Å². The topological polar surface area (TPSA) is 8.81 Å². The minimum Gasteiger partial charge on any atom is -0.195 e. The maximum absolute atomic E-state index is 2.32. The molecule has 0 bridgehead atoms. The molecule has 0 spiro atoms. The third kappa shape index (κ3) is 2.38. The standard InChI is InChI=1S/C23H19N2/c1-3-11-20(12-4-1)24-17-25(21-13-5-2-6-14-21)23-16-19-10-8-7-9-18(19)15-22(23)24/h1,3-5,7-17H,2,6H2/q+1. The number of hydrogen-bond acceptors (Lipinski definition) is 0. The van der Waals surface area contributed by atoms with Gasteiger partial charge in [-0.05, 0) is 60.0 Å². The van der Waals surface area contributed by atoms with Gasteiger partial charge in [0.25, 0.3) is 6.33 Å². The van der Waals surface area contributed by atoms with E-state index in [1.165, 1.54) is 33.2 Å². The molecule has 0 saturated heterocycles. The highest BCUT2D eigenvalue weighted by Gasteiger charge is 2.20. The van der Waals surface area contributed by atoms with E-state index in [-0.39, 0.29) is 0 Å². The minimum atomic E-state index is 1.10. The molecule has 3 aromatic carbocycles. The monoisotopic (exact) mass is 323 g/mol. The second-order valence-electron chi connectivity index (χ2n) is 6.49. The largest absolute Gasteiger partial charge is 0.255 e. The molecule has 120 valence electrons. The molecule has 2 nitrogen and oxygen atoms in total. The molecule has 0 N–H and O–H groups in total. The minimum absolute atomic E-state index is 1.10. The Hall–Kier alpha value is -3.13. The molecule has 1 aromatic heterocycles. The molecule has 2 heteroatoms. The summed E-state index contributed by atoms with van der Waals surface area (Å²) in [4.78, 5) is 0. The highest BCUT2D eigenvalue weighted by atomic mass is 15.1. The molecule has 5 rings (SSSR count). The third-order valence-corrected chi connectivity index (χ3v) is 4.88. The lowest BCUT2D eigenvalue weighted by molar-refractivity contribution is -0.550. The fourth-order valence-corrected chi connectivity index (χ4v) is 3.62. The van der Waals surface area contributed by atoms with E-state index >= 15 is 0 Å². The summed E-state index contributed by atoms with van der Waals surface area (Å²) < 4.78 is 4.59. The molecule has 0 saturated carbocycles. The maximum atomic E-state index is 2.32. The smallest absolute Gasteiger partial charge is 0.195 e. The number of para-hydroxylation sites is 1. The number of allylic oxidation sites excluding steroid dienone is 4. The van der Waals surface area contributed by atoms with Gasteiger partial charge in [-0.1, -0.05) is 48.5 Å². The Morgan fingerprint density at radius 2 is 1.56 bits per heavy atom. The van der Waals surface area contributed by atoms with E-state index in [0.717, 1.165) is 12.8 Å². The van der Waals surface area contributed by atoms with Crippen LogP contribution in [0, 0.1) is 0 Å². The Bertz CT molecular complexity index is 1130. The number of hydrogen-bond donors (Lipinski definition) is 0. The van der Waals surface area contributed by atoms with E-state index in [2.05, 4.69) is 100 Å². The Kier molecular flexibility index (Phi) is 3.27. The summed E-state index contributed by atoms with van der Waals surface area (Å²) in [7, 11) is 0. The first-order chi connectivity index (χ1) is 12.4. The van der Waals surface area contributed by atoms with Crippen molar-refractivity contribution in [3.8, 4) is 5.69 Å². The molecule has 0 unspecified atom stereocenters. The van der Waals surface area contributed by atoms with E-state index in [4.69, 9.17) is 0 Å². The number of nitrogens with zero attached hydrogens (tertiary/aromatic N) is 2. The van der Waals surface area contributed by atoms with Crippen LogP contribution in [0.15, 0.2) is 91.3 Å². The first-order valence-electron chi connectivity index (χ1n) is 8.78. The van der Waals surface area contributed by atoms with Crippen LogP contribution in [0.4, 0.5) is 0 Å². The Morgan fingerprint density at radius 1 is 0.800 bits per heavy atom. The number of imidazole rings is 1. The third-order valence-electron chi connectivity index (χ3n) is 4.88. The van der Waals surface area contributed by atoms with Crippen LogP contribution >= 0.6 is 0 Å². The van der Waals surface area contributed by atoms with Crippen LogP contribution in [0.25, 0.3) is 33.2 Å². The summed E-state index contributed by atoms with van der Waals surface area (Å²) in [6, 6.07) is 23.7. The average molecular weight is 323 g/mol. The van der Waals surface area contributed by atoms with E-state index in [0.29, 0.717) is 0 Å². The summed E-state index contributed by atoms with van der Waals surface area (Å²) in [5.74, 6) is 0. The first-order valence-corrected chi connectivity index (χ1v) is 8.78. The average Bonchev–Trinajstić information content (AvgIpc) is 3.06. The molecule has 1 heterocycles. The van der Waals surface area contributed by atoms with E-state index < -0.39 is 0 Å². The molecular weight excluding hydrogens is 304 g/mol. The summed E-state index contributed by atoms with van der Waals surface area (Å²) >= 11 is 0. The second kappa shape index (κ2) is 5.75. The van der Waals surface area contributed by atoms with Crippen LogP contribution in [-0.4, -0.2) is 4.57 Å². The highest BCUT2D eigenvalue weighted by Crippen LogP contribution is 2.25. The number of fused-ring (bicyclic) bond motifs is 2. The number of benzene rings is 3. The van der Waals surface area contributed by atoms with Crippen LogP contribution in [0.5, 0.6) is 0 Å². The predicted molar refractivity (Wildman–Crippen MR) is 104 cm³/mol. The van der Waals surface area contributed by atoms with Crippen molar-refractivity contribution in [3.05, 3.63) is 91.3 Å². The summed E-state index contributed by atoms with van der Waals surface area (Å²) in [6.07, 6.45) is 11.3. The van der Waals surface area contributed by atoms with E-state index in [9.17, 15) is 0 Å². The maximum Gasteiger partial charge on any atom is 0.255 e. The van der Waals surface area contributed by atoms with E-state index in [1.807, 2.05) is 0 Å². The summed E-state index contributed by atoms with van der Waals surface area (Å²) in [5.41, 5.74) is 4.90. The molecule has 0 aliphatic heterocycles. The van der Waals surface area contributed by atoms with Gasteiger partial charge >= 0.3 is 0 Å². The van der Waals surface area contributed by atoms with Crippen LogP contribution in [0.2, 0.25) is 0 Å². The molecule has 0 fully saturated rings. The molecular formula is C23H19N2+. The summed E-state index contributed by atoms with van der Waals surface area (Å²) in [5, 5.41) is 2.54. The SMILES string of the molecule is C1=CC([n+]2cn(-c3ccccc3)c3cc4ccccc4cc32)=CCC1. The molecule has 1 aliphatic rings. The first kappa shape index (κ1) is 14.2. The van der Waals surface area contributed by atoms with Gasteiger partial charge in [-0.15, -0.1) is 0 Å². The molecule has 0 amide bonds. The fourth-order valence-electron chi connectivity index (χ4n) is 3.62. The van der Waals surface area contributed by atoms with Crippen molar-refractivity contribution in [1.29, 1.82) is 0 Å². The van der Waals surface area contributed by atoms with Gasteiger partial charge in [-0.3, -0.25) is 0 Å². The lowest BCUT2D eigenvalue weighted by Gasteiger charge is -2.03. The number of rotatable bonds is 2. The zero-order chi connectivity index (χ0) is 16.6. The lowest BCUT2D eigenvalue weighted by atomic mass is 10.1. The zero-order valence-electron chi connectivity index (χ0n) is 14.0. The lowest BCUT2D eigenvalue weighted by Crippen LogP contribution is -2.30. The summed E-state index contributed by atoms with van der Waals surface area (Å²) in [6.45, 7) is 0. The normalized spacial score (nSPS) is 14.2. The quantitative estimate of drug-likeness (QED) is 0.445. The number of aromatic nitrogens is 2. The Labute approximate surface area is 147 Å². The zero-order valence-corrected chi connectivity index (χ0v) is 14.0. The van der Waals surface area contributed by atoms with E-state index in [1.54, 1.807) is 0 Å². The van der Waals surface area contributed by atoms with Crippen LogP contribution in [0.1, 0.15) is 12.8 Å². The van der Waals surface area contributed by atoms with Gasteiger partial charge in [0.15, 0.2) is 11.0 Å². The molecule has 0 atom stereocenters. The molecule has 0 radical (unpaired) electrons. The van der Waals surface area contributed by atoms with Crippen LogP contribution in [0.3, 0.4) is 0 Å². The molecule has 1 aliphatic carbocycles. The van der Waals surface area contributed by atoms with Crippen molar-refractivity contribution >= 4 is 27.5 Å². The predicted octanol–water partition coefficient (Wildman–Crippen LogP) is 5.26. The highest BCUT2D eigenvalue weighted by molar-refractivity contribution is 5.95. The van der Waals surface area contributed by atoms with Gasteiger partial charge in [0.2, 0.25) is 0 Å². The van der Waals surface area contributed by atoms with Gasteiger partial charge in [0, 0.05) is 0 Å². The molecule has 25 heavy (non-hydrogen) atoms. The van der Waals surface area contributed by atoms with Crippen molar-refractivity contribution in [2.75, 3.05) is 0 Å². The Morgan fingerprint density at radius 3 is 2.32 bits per heavy atom. The van der Waals surface area contributed by atoms with Crippen molar-refractivity contribution in [1.82, 2.24) is 4.57 Å². The van der Waals surface area contributed by atoms with Gasteiger partial charge in [0.1, 0.15) is 11.4 Å². The second-order valence-corrected chi connectivity index (χ2v) is 6.49. The Balaban J connectivity index is 1.86. The van der Waals surface area contributed by atoms with Crippen molar-refractivity contribution in [2.24, 2.45) is 0 Å². The fraction of sp³-hybridized carbons (Fsp3) is 0.0870.